The molecule has 0 spiro atoms. The van der Waals surface area contributed by atoms with Crippen molar-refractivity contribution in [3.63, 3.8) is 0 Å². The highest BCUT2D eigenvalue weighted by Gasteiger charge is 1.81. The van der Waals surface area contributed by atoms with Crippen LogP contribution in [0.3, 0.4) is 0 Å². The highest BCUT2D eigenvalue weighted by Crippen LogP contribution is 1.97. The molecule has 1 N–H and O–H groups in total. The third-order valence-electron chi connectivity index (χ3n) is 0.998. The van der Waals surface area contributed by atoms with Gasteiger partial charge in [0.05, 0.1) is 6.61 Å². The van der Waals surface area contributed by atoms with Crippen molar-refractivity contribution < 1.29 is 5.11 Å². The molecule has 0 aromatic carbocycles. The number of aliphatic hydroxyl groups excluding tert-OH is 1. The van der Waals surface area contributed by atoms with Gasteiger partial charge in [0, 0.05) is 0 Å². The van der Waals surface area contributed by atoms with Crippen molar-refractivity contribution in [1.82, 2.24) is 0 Å². The zero-order valence-electron chi connectivity index (χ0n) is 8.01. The van der Waals surface area contributed by atoms with Crippen molar-refractivity contribution in [2.45, 2.75) is 13.8 Å². The first-order valence-corrected chi connectivity index (χ1v) is 3.98. The molecule has 0 radical (unpaired) electrons. The lowest BCUT2D eigenvalue weighted by Crippen LogP contribution is -1.81. The SMILES string of the molecule is C=CC(=C)/C=C\C(=C)CO.CC. The molecule has 0 amide bonds. The second-order valence-electron chi connectivity index (χ2n) is 1.93. The summed E-state index contributed by atoms with van der Waals surface area (Å²) in [5, 5.41) is 8.51. The van der Waals surface area contributed by atoms with E-state index < -0.39 is 0 Å². The summed E-state index contributed by atoms with van der Waals surface area (Å²) < 4.78 is 0. The predicted octanol–water partition coefficient (Wildman–Crippen LogP) is 2.86. The summed E-state index contributed by atoms with van der Waals surface area (Å²) in [6.45, 7) is 14.7. The average molecular weight is 166 g/mol. The van der Waals surface area contributed by atoms with Gasteiger partial charge in [-0.2, -0.15) is 0 Å². The van der Waals surface area contributed by atoms with E-state index in [-0.39, 0.29) is 6.61 Å². The van der Waals surface area contributed by atoms with Crippen molar-refractivity contribution >= 4 is 0 Å². The van der Waals surface area contributed by atoms with Gasteiger partial charge in [0.25, 0.3) is 0 Å². The Balaban J connectivity index is 0. The van der Waals surface area contributed by atoms with Gasteiger partial charge in [-0.25, -0.2) is 0 Å². The van der Waals surface area contributed by atoms with Gasteiger partial charge in [-0.1, -0.05) is 51.8 Å². The molecule has 0 rings (SSSR count). The summed E-state index contributed by atoms with van der Waals surface area (Å²) in [6.07, 6.45) is 5.11. The molecular formula is C11H18O. The first-order valence-electron chi connectivity index (χ1n) is 3.98. The van der Waals surface area contributed by atoms with Gasteiger partial charge in [0.1, 0.15) is 0 Å². The van der Waals surface area contributed by atoms with Gasteiger partial charge >= 0.3 is 0 Å². The number of aliphatic hydroxyl groups is 1. The van der Waals surface area contributed by atoms with Gasteiger partial charge in [-0.05, 0) is 11.1 Å². The van der Waals surface area contributed by atoms with Gasteiger partial charge in [-0.3, -0.25) is 0 Å². The number of allylic oxidation sites excluding steroid dienone is 3. The molecule has 1 heteroatoms. The third-order valence-corrected chi connectivity index (χ3v) is 0.998. The summed E-state index contributed by atoms with van der Waals surface area (Å²) in [7, 11) is 0. The molecule has 0 aliphatic carbocycles. The highest BCUT2D eigenvalue weighted by molar-refractivity contribution is 5.30. The minimum Gasteiger partial charge on any atom is -0.392 e. The maximum absolute atomic E-state index is 8.51. The highest BCUT2D eigenvalue weighted by atomic mass is 16.3. The predicted molar refractivity (Wildman–Crippen MR) is 56.1 cm³/mol. The van der Waals surface area contributed by atoms with E-state index in [1.165, 1.54) is 0 Å². The molecule has 0 aromatic heterocycles. The lowest BCUT2D eigenvalue weighted by molar-refractivity contribution is 0.335. The molecule has 0 unspecified atom stereocenters. The second kappa shape index (κ2) is 9.92. The molecule has 0 fully saturated rings. The van der Waals surface area contributed by atoms with E-state index >= 15 is 0 Å². The normalized spacial score (nSPS) is 8.58. The lowest BCUT2D eigenvalue weighted by atomic mass is 10.2. The Morgan fingerprint density at radius 3 is 2.08 bits per heavy atom. The molecule has 12 heavy (non-hydrogen) atoms. The number of hydrogen-bond acceptors (Lipinski definition) is 1. The maximum atomic E-state index is 8.51. The van der Waals surface area contributed by atoms with E-state index in [1.807, 2.05) is 13.8 Å². The van der Waals surface area contributed by atoms with Gasteiger partial charge in [0.2, 0.25) is 0 Å². The third kappa shape index (κ3) is 8.92. The summed E-state index contributed by atoms with van der Waals surface area (Å²) in [5.74, 6) is 0. The molecule has 0 saturated carbocycles. The van der Waals surface area contributed by atoms with Crippen molar-refractivity contribution in [3.8, 4) is 0 Å². The fraction of sp³-hybridized carbons (Fsp3) is 0.273. The van der Waals surface area contributed by atoms with Crippen molar-refractivity contribution in [1.29, 1.82) is 0 Å². The van der Waals surface area contributed by atoms with Gasteiger partial charge < -0.3 is 5.11 Å². The standard InChI is InChI=1S/C9H12O.C2H6/c1-4-8(2)5-6-9(3)7-10;1-2/h4-6,10H,1-3,7H2;1-2H3/b6-5-;. The number of rotatable bonds is 4. The van der Waals surface area contributed by atoms with Crippen LogP contribution in [0.15, 0.2) is 49.1 Å². The molecule has 0 aliphatic heterocycles. The van der Waals surface area contributed by atoms with E-state index in [9.17, 15) is 0 Å². The van der Waals surface area contributed by atoms with Crippen LogP contribution in [0.4, 0.5) is 0 Å². The maximum Gasteiger partial charge on any atom is 0.0676 e. The minimum atomic E-state index is -0.0130. The summed E-state index contributed by atoms with van der Waals surface area (Å²) in [4.78, 5) is 0. The minimum absolute atomic E-state index is 0.0130. The summed E-state index contributed by atoms with van der Waals surface area (Å²) in [5.41, 5.74) is 1.48. The molecular weight excluding hydrogens is 148 g/mol. The molecule has 0 bridgehead atoms. The summed E-state index contributed by atoms with van der Waals surface area (Å²) in [6, 6.07) is 0. The largest absolute Gasteiger partial charge is 0.392 e. The molecule has 0 aliphatic rings. The van der Waals surface area contributed by atoms with Gasteiger partial charge in [-0.15, -0.1) is 0 Å². The van der Waals surface area contributed by atoms with Crippen LogP contribution in [0.5, 0.6) is 0 Å². The first kappa shape index (κ1) is 13.5. The zero-order valence-corrected chi connectivity index (χ0v) is 8.01. The molecule has 0 saturated heterocycles. The van der Waals surface area contributed by atoms with E-state index in [1.54, 1.807) is 18.2 Å². The Kier molecular flexibility index (Phi) is 11.2. The quantitative estimate of drug-likeness (QED) is 0.637. The lowest BCUT2D eigenvalue weighted by Gasteiger charge is -1.90. The molecule has 68 valence electrons. The van der Waals surface area contributed by atoms with Crippen LogP contribution in [0.25, 0.3) is 0 Å². The second-order valence-corrected chi connectivity index (χ2v) is 1.93. The Morgan fingerprint density at radius 2 is 1.75 bits per heavy atom. The fourth-order valence-corrected chi connectivity index (χ4v) is 0.346. The molecule has 0 atom stereocenters. The topological polar surface area (TPSA) is 20.2 Å². The molecule has 1 nitrogen and oxygen atoms in total. The number of hydrogen-bond donors (Lipinski definition) is 1. The van der Waals surface area contributed by atoms with Crippen LogP contribution in [-0.4, -0.2) is 11.7 Å². The van der Waals surface area contributed by atoms with Crippen molar-refractivity contribution in [2.24, 2.45) is 0 Å². The Bertz CT molecular complexity index is 175. The van der Waals surface area contributed by atoms with Crippen molar-refractivity contribution in [2.75, 3.05) is 6.61 Å². The fourth-order valence-electron chi connectivity index (χ4n) is 0.346. The van der Waals surface area contributed by atoms with E-state index in [0.717, 1.165) is 5.57 Å². The Labute approximate surface area is 75.4 Å². The smallest absolute Gasteiger partial charge is 0.0676 e. The Morgan fingerprint density at radius 1 is 1.25 bits per heavy atom. The van der Waals surface area contributed by atoms with Crippen LogP contribution < -0.4 is 0 Å². The van der Waals surface area contributed by atoms with E-state index in [0.29, 0.717) is 5.57 Å². The van der Waals surface area contributed by atoms with Crippen LogP contribution in [0, 0.1) is 0 Å². The van der Waals surface area contributed by atoms with Crippen LogP contribution in [-0.2, 0) is 0 Å². The monoisotopic (exact) mass is 166 g/mol. The van der Waals surface area contributed by atoms with Crippen LogP contribution in [0.1, 0.15) is 13.8 Å². The van der Waals surface area contributed by atoms with E-state index in [4.69, 9.17) is 5.11 Å². The first-order chi connectivity index (χ1) is 5.70. The summed E-state index contributed by atoms with van der Waals surface area (Å²) >= 11 is 0. The zero-order chi connectivity index (χ0) is 9.98. The van der Waals surface area contributed by atoms with Crippen molar-refractivity contribution in [3.05, 3.63) is 49.1 Å². The van der Waals surface area contributed by atoms with Crippen LogP contribution >= 0.6 is 0 Å². The molecule has 0 aromatic rings. The average Bonchev–Trinajstić information content (AvgIpc) is 2.16. The Hall–Kier alpha value is -1.08. The van der Waals surface area contributed by atoms with E-state index in [2.05, 4.69) is 19.7 Å². The van der Waals surface area contributed by atoms with Crippen LogP contribution in [0.2, 0.25) is 0 Å². The van der Waals surface area contributed by atoms with Gasteiger partial charge in [0.15, 0.2) is 0 Å². The molecule has 0 heterocycles.